The molecule has 0 aliphatic heterocycles. The summed E-state index contributed by atoms with van der Waals surface area (Å²) >= 11 is 0. The van der Waals surface area contributed by atoms with Crippen molar-refractivity contribution in [2.75, 3.05) is 0 Å². The number of hydrogen-bond donors (Lipinski definition) is 3. The second-order valence-corrected chi connectivity index (χ2v) is 4.69. The Hall–Kier alpha value is -2.16. The summed E-state index contributed by atoms with van der Waals surface area (Å²) in [6.07, 6.45) is 0. The summed E-state index contributed by atoms with van der Waals surface area (Å²) in [6.45, 7) is 2.08. The molecule has 114 valence electrons. The Balaban J connectivity index is 0.00000264. The van der Waals surface area contributed by atoms with Crippen LogP contribution in [0.4, 0.5) is 0 Å². The van der Waals surface area contributed by atoms with Crippen LogP contribution in [-0.4, -0.2) is 38.5 Å². The maximum atomic E-state index is 12.0. The molecule has 0 radical (unpaired) electrons. The van der Waals surface area contributed by atoms with Crippen molar-refractivity contribution in [1.82, 2.24) is 0 Å². The van der Waals surface area contributed by atoms with Gasteiger partial charge in [0.2, 0.25) is 23.1 Å². The van der Waals surface area contributed by atoms with Crippen LogP contribution in [0, 0.1) is 0 Å². The van der Waals surface area contributed by atoms with Crippen LogP contribution in [0.1, 0.15) is 13.8 Å². The monoisotopic (exact) mass is 328 g/mol. The number of Topliss-reactive ketones (excluding diaryl/α,β-unsaturated/α-hetero) is 4. The third-order valence-electron chi connectivity index (χ3n) is 3.41. The molecule has 3 N–H and O–H groups in total. The van der Waals surface area contributed by atoms with Gasteiger partial charge >= 0.3 is 29.6 Å². The fraction of sp³-hybridized carbons (Fsp3) is 0.143. The van der Waals surface area contributed by atoms with E-state index in [2.05, 4.69) is 0 Å². The number of aliphatic hydroxyl groups is 3. The van der Waals surface area contributed by atoms with Crippen molar-refractivity contribution < 1.29 is 69.2 Å². The molecule has 0 aromatic heterocycles. The zero-order chi connectivity index (χ0) is 16.9. The van der Waals surface area contributed by atoms with E-state index in [-0.39, 0.29) is 29.6 Å². The molecular weight excluding hydrogens is 319 g/mol. The summed E-state index contributed by atoms with van der Waals surface area (Å²) in [6, 6.07) is 0. The SMILES string of the molecule is CC1=C([O-])C(O)=C(C2=C(O)C(=O)C(C)=C(O)C2=O)C(=O)C1=O.[Na+]. The number of carbonyl (C=O) groups excluding carboxylic acids is 4. The molecule has 0 saturated carbocycles. The van der Waals surface area contributed by atoms with E-state index < -0.39 is 68.5 Å². The molecule has 2 aliphatic rings. The maximum absolute atomic E-state index is 12.0. The van der Waals surface area contributed by atoms with Gasteiger partial charge in [-0.15, -0.1) is 0 Å². The number of aliphatic hydroxyl groups excluding tert-OH is 3. The molecule has 0 amide bonds. The van der Waals surface area contributed by atoms with Gasteiger partial charge in [-0.2, -0.15) is 0 Å². The first kappa shape index (κ1) is 18.9. The Kier molecular flexibility index (Phi) is 5.05. The van der Waals surface area contributed by atoms with Crippen LogP contribution in [0.3, 0.4) is 0 Å². The largest absolute Gasteiger partial charge is 1.00 e. The molecule has 0 unspecified atom stereocenters. The van der Waals surface area contributed by atoms with Crippen LogP contribution in [0.15, 0.2) is 45.3 Å². The first-order chi connectivity index (χ1) is 10.1. The summed E-state index contributed by atoms with van der Waals surface area (Å²) in [7, 11) is 0. The van der Waals surface area contributed by atoms with E-state index in [1.54, 1.807) is 0 Å². The summed E-state index contributed by atoms with van der Waals surface area (Å²) in [4.78, 5) is 47.3. The average Bonchev–Trinajstić information content (AvgIpc) is 2.50. The molecule has 0 atom stereocenters. The molecule has 23 heavy (non-hydrogen) atoms. The fourth-order valence-electron chi connectivity index (χ4n) is 2.04. The van der Waals surface area contributed by atoms with E-state index in [4.69, 9.17) is 0 Å². The van der Waals surface area contributed by atoms with Crippen molar-refractivity contribution in [3.8, 4) is 0 Å². The van der Waals surface area contributed by atoms with E-state index >= 15 is 0 Å². The van der Waals surface area contributed by atoms with Crippen LogP contribution in [0.2, 0.25) is 0 Å². The first-order valence-electron chi connectivity index (χ1n) is 5.94. The van der Waals surface area contributed by atoms with Crippen molar-refractivity contribution in [3.05, 3.63) is 45.3 Å². The first-order valence-corrected chi connectivity index (χ1v) is 5.94. The molecule has 0 bridgehead atoms. The summed E-state index contributed by atoms with van der Waals surface area (Å²) in [5.41, 5.74) is -3.17. The van der Waals surface area contributed by atoms with Crippen molar-refractivity contribution >= 4 is 23.1 Å². The van der Waals surface area contributed by atoms with Gasteiger partial charge < -0.3 is 20.4 Å². The van der Waals surface area contributed by atoms with Crippen molar-refractivity contribution in [3.63, 3.8) is 0 Å². The van der Waals surface area contributed by atoms with Crippen LogP contribution < -0.4 is 34.7 Å². The van der Waals surface area contributed by atoms with Gasteiger partial charge in [0.05, 0.1) is 11.1 Å². The standard InChI is InChI=1S/C14H10O8.Na/c1-3-7(15)11(19)5(12(20)8(3)16)6-13(21)9(17)4(2)10(18)14(6)22;/h15,17,19,22H,1-2H3;/q;+1/p-1. The van der Waals surface area contributed by atoms with E-state index in [9.17, 15) is 39.6 Å². The smallest absolute Gasteiger partial charge is 0.870 e. The third-order valence-corrected chi connectivity index (χ3v) is 3.41. The van der Waals surface area contributed by atoms with Crippen molar-refractivity contribution in [1.29, 1.82) is 0 Å². The zero-order valence-electron chi connectivity index (χ0n) is 12.4. The number of carbonyl (C=O) groups is 4. The predicted molar refractivity (Wildman–Crippen MR) is 67.4 cm³/mol. The second kappa shape index (κ2) is 6.15. The molecule has 0 heterocycles. The minimum absolute atomic E-state index is 0. The van der Waals surface area contributed by atoms with E-state index in [1.165, 1.54) is 0 Å². The molecule has 0 spiro atoms. The molecular formula is C14H9NaO8. The van der Waals surface area contributed by atoms with Gasteiger partial charge in [-0.1, -0.05) is 5.76 Å². The minimum atomic E-state index is -1.43. The van der Waals surface area contributed by atoms with Gasteiger partial charge in [-0.05, 0) is 19.4 Å². The van der Waals surface area contributed by atoms with Gasteiger partial charge in [-0.3, -0.25) is 19.2 Å². The average molecular weight is 328 g/mol. The fourth-order valence-corrected chi connectivity index (χ4v) is 2.04. The molecule has 2 rings (SSSR count). The zero-order valence-corrected chi connectivity index (χ0v) is 14.4. The van der Waals surface area contributed by atoms with Crippen molar-refractivity contribution in [2.45, 2.75) is 13.8 Å². The van der Waals surface area contributed by atoms with E-state index in [1.807, 2.05) is 0 Å². The van der Waals surface area contributed by atoms with Crippen LogP contribution in [-0.2, 0) is 19.2 Å². The third kappa shape index (κ3) is 2.54. The Morgan fingerprint density at radius 2 is 1.13 bits per heavy atom. The molecule has 9 heteroatoms. The van der Waals surface area contributed by atoms with Gasteiger partial charge in [0, 0.05) is 5.57 Å². The Morgan fingerprint density at radius 3 is 1.65 bits per heavy atom. The number of rotatable bonds is 1. The Morgan fingerprint density at radius 1 is 0.652 bits per heavy atom. The van der Waals surface area contributed by atoms with Gasteiger partial charge in [-0.25, -0.2) is 0 Å². The van der Waals surface area contributed by atoms with E-state index in [0.29, 0.717) is 0 Å². The topological polar surface area (TPSA) is 152 Å². The predicted octanol–water partition coefficient (Wildman–Crippen LogP) is -3.62. The summed E-state index contributed by atoms with van der Waals surface area (Å²) in [5.74, 6) is -9.92. The Bertz CT molecular complexity index is 807. The molecule has 0 saturated heterocycles. The van der Waals surface area contributed by atoms with E-state index in [0.717, 1.165) is 13.8 Å². The molecule has 0 aromatic carbocycles. The molecule has 0 fully saturated rings. The summed E-state index contributed by atoms with van der Waals surface area (Å²) in [5, 5.41) is 40.8. The van der Waals surface area contributed by atoms with Crippen LogP contribution in [0.25, 0.3) is 0 Å². The van der Waals surface area contributed by atoms with Crippen LogP contribution in [0.5, 0.6) is 0 Å². The quantitative estimate of drug-likeness (QED) is 0.193. The minimum Gasteiger partial charge on any atom is -0.870 e. The van der Waals surface area contributed by atoms with Gasteiger partial charge in [0.15, 0.2) is 11.5 Å². The number of ketones is 4. The second-order valence-electron chi connectivity index (χ2n) is 4.69. The number of hydrogen-bond acceptors (Lipinski definition) is 8. The summed E-state index contributed by atoms with van der Waals surface area (Å²) < 4.78 is 0. The molecule has 0 aromatic rings. The van der Waals surface area contributed by atoms with Crippen molar-refractivity contribution in [2.24, 2.45) is 0 Å². The molecule has 8 nitrogen and oxygen atoms in total. The normalized spacial score (nSPS) is 19.7. The number of allylic oxidation sites excluding steroid dienone is 4. The van der Waals surface area contributed by atoms with Gasteiger partial charge in [0.1, 0.15) is 5.76 Å². The Labute approximate surface area is 151 Å². The van der Waals surface area contributed by atoms with Gasteiger partial charge in [0.25, 0.3) is 0 Å². The maximum Gasteiger partial charge on any atom is 1.00 e. The molecule has 2 aliphatic carbocycles. The van der Waals surface area contributed by atoms with Crippen LogP contribution >= 0.6 is 0 Å².